The van der Waals surface area contributed by atoms with Crippen LogP contribution in [-0.4, -0.2) is 26.5 Å². The third kappa shape index (κ3) is 1.90. The molecule has 5 nitrogen and oxygen atoms in total. The summed E-state index contributed by atoms with van der Waals surface area (Å²) < 4.78 is 1.94. The number of imidazole rings is 1. The normalized spacial score (nSPS) is 12.9. The van der Waals surface area contributed by atoms with Crippen LogP contribution in [0.4, 0.5) is 0 Å². The summed E-state index contributed by atoms with van der Waals surface area (Å²) in [6, 6.07) is 2.92. The third-order valence-electron chi connectivity index (χ3n) is 2.55. The van der Waals surface area contributed by atoms with E-state index in [0.29, 0.717) is 6.42 Å². The van der Waals surface area contributed by atoms with E-state index < -0.39 is 12.0 Å². The molecule has 84 valence electrons. The zero-order chi connectivity index (χ0) is 11.7. The summed E-state index contributed by atoms with van der Waals surface area (Å²) >= 11 is 0. The predicted molar refractivity (Wildman–Crippen MR) is 59.2 cm³/mol. The summed E-state index contributed by atoms with van der Waals surface area (Å²) in [5.74, 6) is -0.0753. The number of aryl methyl sites for hydroxylation is 1. The van der Waals surface area contributed by atoms with Crippen molar-refractivity contribution in [3.8, 4) is 0 Å². The number of pyridine rings is 1. The van der Waals surface area contributed by atoms with Crippen LogP contribution < -0.4 is 5.73 Å². The van der Waals surface area contributed by atoms with E-state index in [9.17, 15) is 4.79 Å². The van der Waals surface area contributed by atoms with Gasteiger partial charge in [-0.3, -0.25) is 4.79 Å². The van der Waals surface area contributed by atoms with Crippen molar-refractivity contribution in [2.24, 2.45) is 5.73 Å². The van der Waals surface area contributed by atoms with Crippen LogP contribution in [0, 0.1) is 6.92 Å². The molecule has 16 heavy (non-hydrogen) atoms. The minimum absolute atomic E-state index is 0.329. The molecule has 0 saturated carbocycles. The maximum absolute atomic E-state index is 10.6. The van der Waals surface area contributed by atoms with Gasteiger partial charge in [-0.25, -0.2) is 4.98 Å². The molecular weight excluding hydrogens is 206 g/mol. The molecule has 0 aromatic carbocycles. The zero-order valence-electron chi connectivity index (χ0n) is 8.92. The lowest BCUT2D eigenvalue weighted by Gasteiger charge is -2.06. The SMILES string of the molecule is Cc1ncc2cc(CC(N)C(=O)O)ccn12. The lowest BCUT2D eigenvalue weighted by atomic mass is 10.1. The highest BCUT2D eigenvalue weighted by atomic mass is 16.4. The molecule has 0 fully saturated rings. The van der Waals surface area contributed by atoms with E-state index in [1.165, 1.54) is 0 Å². The molecule has 2 aromatic heterocycles. The molecule has 0 amide bonds. The predicted octanol–water partition coefficient (Wildman–Crippen LogP) is 0.597. The van der Waals surface area contributed by atoms with Gasteiger partial charge >= 0.3 is 5.97 Å². The number of nitrogens with zero attached hydrogens (tertiary/aromatic N) is 2. The Bertz CT molecular complexity index is 533. The summed E-state index contributed by atoms with van der Waals surface area (Å²) in [5.41, 5.74) is 7.33. The second kappa shape index (κ2) is 3.94. The average molecular weight is 219 g/mol. The summed E-state index contributed by atoms with van der Waals surface area (Å²) in [6.07, 6.45) is 3.96. The number of hydrogen-bond acceptors (Lipinski definition) is 3. The van der Waals surface area contributed by atoms with Crippen molar-refractivity contribution in [1.82, 2.24) is 9.38 Å². The topological polar surface area (TPSA) is 80.6 Å². The van der Waals surface area contributed by atoms with Gasteiger partial charge in [0.15, 0.2) is 0 Å². The number of rotatable bonds is 3. The van der Waals surface area contributed by atoms with Crippen LogP contribution in [0.15, 0.2) is 24.5 Å². The lowest BCUT2D eigenvalue weighted by molar-refractivity contribution is -0.138. The van der Waals surface area contributed by atoms with Gasteiger partial charge in [-0.2, -0.15) is 0 Å². The number of nitrogens with two attached hydrogens (primary N) is 1. The number of aromatic nitrogens is 2. The minimum atomic E-state index is -0.982. The molecule has 3 N–H and O–H groups in total. The van der Waals surface area contributed by atoms with Gasteiger partial charge in [0.25, 0.3) is 0 Å². The molecule has 0 aliphatic heterocycles. The van der Waals surface area contributed by atoms with Gasteiger partial charge in [0.05, 0.1) is 11.7 Å². The first-order valence-corrected chi connectivity index (χ1v) is 4.99. The van der Waals surface area contributed by atoms with E-state index in [4.69, 9.17) is 10.8 Å². The van der Waals surface area contributed by atoms with E-state index in [0.717, 1.165) is 16.9 Å². The Kier molecular flexibility index (Phi) is 2.62. The first-order valence-electron chi connectivity index (χ1n) is 4.99. The van der Waals surface area contributed by atoms with Crippen molar-refractivity contribution in [3.05, 3.63) is 35.9 Å². The smallest absolute Gasteiger partial charge is 0.320 e. The highest BCUT2D eigenvalue weighted by molar-refractivity contribution is 5.73. The first kappa shape index (κ1) is 10.6. The molecule has 0 aliphatic carbocycles. The van der Waals surface area contributed by atoms with Crippen LogP contribution in [0.25, 0.3) is 5.52 Å². The number of fused-ring (bicyclic) bond motifs is 1. The highest BCUT2D eigenvalue weighted by Crippen LogP contribution is 2.10. The zero-order valence-corrected chi connectivity index (χ0v) is 8.92. The van der Waals surface area contributed by atoms with Crippen LogP contribution in [0.1, 0.15) is 11.4 Å². The first-order chi connectivity index (χ1) is 7.58. The average Bonchev–Trinajstić information content (AvgIpc) is 2.60. The number of hydrogen-bond donors (Lipinski definition) is 2. The fourth-order valence-electron chi connectivity index (χ4n) is 1.65. The highest BCUT2D eigenvalue weighted by Gasteiger charge is 2.12. The molecule has 2 rings (SSSR count). The molecule has 2 heterocycles. The molecule has 0 bridgehead atoms. The van der Waals surface area contributed by atoms with E-state index in [2.05, 4.69) is 4.98 Å². The monoisotopic (exact) mass is 219 g/mol. The van der Waals surface area contributed by atoms with E-state index in [1.807, 2.05) is 29.7 Å². The third-order valence-corrected chi connectivity index (χ3v) is 2.55. The van der Waals surface area contributed by atoms with E-state index in [1.54, 1.807) is 6.20 Å². The van der Waals surface area contributed by atoms with Gasteiger partial charge in [-0.15, -0.1) is 0 Å². The Balaban J connectivity index is 2.29. The van der Waals surface area contributed by atoms with Gasteiger partial charge in [0.2, 0.25) is 0 Å². The number of carboxylic acids is 1. The number of aliphatic carboxylic acids is 1. The van der Waals surface area contributed by atoms with Gasteiger partial charge in [-0.1, -0.05) is 0 Å². The van der Waals surface area contributed by atoms with Crippen LogP contribution in [0.2, 0.25) is 0 Å². The standard InChI is InChI=1S/C11H13N3O2/c1-7-13-6-9-4-8(2-3-14(7)9)5-10(12)11(15)16/h2-4,6,10H,5,12H2,1H3,(H,15,16). The molecule has 0 radical (unpaired) electrons. The van der Waals surface area contributed by atoms with Gasteiger partial charge in [0.1, 0.15) is 11.9 Å². The van der Waals surface area contributed by atoms with Gasteiger partial charge < -0.3 is 15.2 Å². The maximum Gasteiger partial charge on any atom is 0.320 e. The Labute approximate surface area is 92.5 Å². The van der Waals surface area contributed by atoms with Crippen LogP contribution >= 0.6 is 0 Å². The number of carbonyl (C=O) groups is 1. The Morgan fingerprint density at radius 2 is 2.44 bits per heavy atom. The fourth-order valence-corrected chi connectivity index (χ4v) is 1.65. The fraction of sp³-hybridized carbons (Fsp3) is 0.273. The van der Waals surface area contributed by atoms with Crippen molar-refractivity contribution in [2.75, 3.05) is 0 Å². The van der Waals surface area contributed by atoms with Crippen LogP contribution in [0.3, 0.4) is 0 Å². The summed E-state index contributed by atoms with van der Waals surface area (Å²) in [4.78, 5) is 14.8. The summed E-state index contributed by atoms with van der Waals surface area (Å²) in [7, 11) is 0. The molecule has 2 aromatic rings. The van der Waals surface area contributed by atoms with Crippen molar-refractivity contribution in [2.45, 2.75) is 19.4 Å². The molecule has 0 spiro atoms. The van der Waals surface area contributed by atoms with Crippen molar-refractivity contribution >= 4 is 11.5 Å². The quantitative estimate of drug-likeness (QED) is 0.792. The van der Waals surface area contributed by atoms with Crippen molar-refractivity contribution in [1.29, 1.82) is 0 Å². The number of carboxylic acid groups (broad SMARTS) is 1. The van der Waals surface area contributed by atoms with Crippen molar-refractivity contribution < 1.29 is 9.90 Å². The minimum Gasteiger partial charge on any atom is -0.480 e. The second-order valence-corrected chi connectivity index (χ2v) is 3.78. The Hall–Kier alpha value is -1.88. The lowest BCUT2D eigenvalue weighted by Crippen LogP contribution is -2.32. The van der Waals surface area contributed by atoms with Gasteiger partial charge in [0, 0.05) is 6.20 Å². The second-order valence-electron chi connectivity index (χ2n) is 3.78. The van der Waals surface area contributed by atoms with Crippen LogP contribution in [-0.2, 0) is 11.2 Å². The van der Waals surface area contributed by atoms with Crippen LogP contribution in [0.5, 0.6) is 0 Å². The molecule has 0 aliphatic rings. The largest absolute Gasteiger partial charge is 0.480 e. The molecule has 1 atom stereocenters. The molecular formula is C11H13N3O2. The molecule has 1 unspecified atom stereocenters. The Morgan fingerprint density at radius 1 is 1.69 bits per heavy atom. The van der Waals surface area contributed by atoms with E-state index >= 15 is 0 Å². The van der Waals surface area contributed by atoms with Gasteiger partial charge in [-0.05, 0) is 31.0 Å². The molecule has 5 heteroatoms. The summed E-state index contributed by atoms with van der Waals surface area (Å²) in [5, 5.41) is 8.72. The van der Waals surface area contributed by atoms with Crippen molar-refractivity contribution in [3.63, 3.8) is 0 Å². The summed E-state index contributed by atoms with van der Waals surface area (Å²) in [6.45, 7) is 1.91. The van der Waals surface area contributed by atoms with E-state index in [-0.39, 0.29) is 0 Å². The Morgan fingerprint density at radius 3 is 3.12 bits per heavy atom. The molecule has 0 saturated heterocycles. The maximum atomic E-state index is 10.6.